The highest BCUT2D eigenvalue weighted by Gasteiger charge is 2.17. The Morgan fingerprint density at radius 1 is 1.10 bits per heavy atom. The van der Waals surface area contributed by atoms with Gasteiger partial charge in [0.1, 0.15) is 0 Å². The van der Waals surface area contributed by atoms with Crippen LogP contribution in [0.4, 0.5) is 5.69 Å². The van der Waals surface area contributed by atoms with Crippen molar-refractivity contribution in [1.29, 1.82) is 0 Å². The Bertz CT molecular complexity index is 688. The van der Waals surface area contributed by atoms with E-state index in [1.807, 2.05) is 12.1 Å². The molecule has 0 aliphatic carbocycles. The second kappa shape index (κ2) is 4.65. The maximum Gasteiger partial charge on any atom is 0.189 e. The molecule has 1 aromatic heterocycles. The number of benzene rings is 1. The lowest BCUT2D eigenvalue weighted by atomic mass is 9.91. The molecule has 2 heterocycles. The van der Waals surface area contributed by atoms with E-state index in [1.165, 1.54) is 18.5 Å². The number of hydrogen-bond acceptors (Lipinski definition) is 2. The van der Waals surface area contributed by atoms with E-state index in [2.05, 4.69) is 36.7 Å². The average molecular weight is 270 g/mol. The zero-order chi connectivity index (χ0) is 14.3. The molecule has 3 nitrogen and oxygen atoms in total. The summed E-state index contributed by atoms with van der Waals surface area (Å²) >= 11 is 0. The molecule has 3 rings (SSSR count). The number of hydrogen-bond donors (Lipinski definition) is 1. The zero-order valence-corrected chi connectivity index (χ0v) is 12.5. The number of aromatic nitrogens is 1. The third-order valence-electron chi connectivity index (χ3n) is 4.09. The second-order valence-electron chi connectivity index (χ2n) is 6.72. The number of anilines is 1. The molecule has 0 radical (unpaired) electrons. The molecule has 20 heavy (non-hydrogen) atoms. The van der Waals surface area contributed by atoms with Crippen LogP contribution in [0.5, 0.6) is 0 Å². The number of nitrogens with one attached hydrogen (secondary N) is 1. The maximum atomic E-state index is 12.4. The van der Waals surface area contributed by atoms with Crippen LogP contribution in [0.15, 0.2) is 29.1 Å². The summed E-state index contributed by atoms with van der Waals surface area (Å²) in [5.74, 6) is 0. The highest BCUT2D eigenvalue weighted by molar-refractivity contribution is 5.82. The standard InChI is InChI=1S/C17H22N2O/c1-17(2,3)16-11-15(20)13-10-12(6-7-14(13)18-16)19-8-4-5-9-19/h6-7,10-11H,4-5,8-9H2,1-3H3,(H,18,20). The number of fused-ring (bicyclic) bond motifs is 1. The Balaban J connectivity index is 2.11. The van der Waals surface area contributed by atoms with Gasteiger partial charge >= 0.3 is 0 Å². The zero-order valence-electron chi connectivity index (χ0n) is 12.5. The van der Waals surface area contributed by atoms with Crippen LogP contribution in [-0.2, 0) is 5.41 Å². The van der Waals surface area contributed by atoms with E-state index in [0.717, 1.165) is 29.7 Å². The van der Waals surface area contributed by atoms with Crippen molar-refractivity contribution in [2.24, 2.45) is 0 Å². The van der Waals surface area contributed by atoms with E-state index in [0.29, 0.717) is 0 Å². The fraction of sp³-hybridized carbons (Fsp3) is 0.471. The minimum atomic E-state index is -0.0407. The van der Waals surface area contributed by atoms with Crippen molar-refractivity contribution in [3.63, 3.8) is 0 Å². The third kappa shape index (κ3) is 2.33. The first-order valence-electron chi connectivity index (χ1n) is 7.38. The van der Waals surface area contributed by atoms with Gasteiger partial charge in [-0.25, -0.2) is 0 Å². The first kappa shape index (κ1) is 13.2. The van der Waals surface area contributed by atoms with Gasteiger partial charge in [-0.2, -0.15) is 0 Å². The van der Waals surface area contributed by atoms with Crippen LogP contribution >= 0.6 is 0 Å². The summed E-state index contributed by atoms with van der Waals surface area (Å²) in [6, 6.07) is 7.94. The van der Waals surface area contributed by atoms with E-state index in [1.54, 1.807) is 6.07 Å². The van der Waals surface area contributed by atoms with Crippen LogP contribution in [-0.4, -0.2) is 18.1 Å². The molecular weight excluding hydrogens is 248 g/mol. The van der Waals surface area contributed by atoms with E-state index >= 15 is 0 Å². The lowest BCUT2D eigenvalue weighted by Crippen LogP contribution is -2.19. The van der Waals surface area contributed by atoms with Crippen molar-refractivity contribution in [3.8, 4) is 0 Å². The Morgan fingerprint density at radius 3 is 2.45 bits per heavy atom. The van der Waals surface area contributed by atoms with Crippen LogP contribution in [0.25, 0.3) is 10.9 Å². The minimum Gasteiger partial charge on any atom is -0.372 e. The lowest BCUT2D eigenvalue weighted by Gasteiger charge is -2.20. The van der Waals surface area contributed by atoms with Gasteiger partial charge in [-0.15, -0.1) is 0 Å². The van der Waals surface area contributed by atoms with Gasteiger partial charge in [0.15, 0.2) is 5.43 Å². The highest BCUT2D eigenvalue weighted by atomic mass is 16.1. The van der Waals surface area contributed by atoms with Gasteiger partial charge in [-0.05, 0) is 31.0 Å². The Labute approximate surface area is 119 Å². The van der Waals surface area contributed by atoms with Crippen molar-refractivity contribution < 1.29 is 0 Å². The summed E-state index contributed by atoms with van der Waals surface area (Å²) in [7, 11) is 0. The Morgan fingerprint density at radius 2 is 1.80 bits per heavy atom. The third-order valence-corrected chi connectivity index (χ3v) is 4.09. The lowest BCUT2D eigenvalue weighted by molar-refractivity contribution is 0.571. The van der Waals surface area contributed by atoms with Gasteiger partial charge < -0.3 is 9.88 Å². The molecule has 1 fully saturated rings. The molecule has 0 saturated carbocycles. The van der Waals surface area contributed by atoms with Gasteiger partial charge in [0, 0.05) is 46.9 Å². The van der Waals surface area contributed by atoms with E-state index in [9.17, 15) is 4.79 Å². The number of rotatable bonds is 1. The number of H-pyrrole nitrogens is 1. The summed E-state index contributed by atoms with van der Waals surface area (Å²) in [5, 5.41) is 0.794. The molecule has 1 aromatic carbocycles. The van der Waals surface area contributed by atoms with Gasteiger partial charge in [0.05, 0.1) is 0 Å². The maximum absolute atomic E-state index is 12.4. The average Bonchev–Trinajstić information content (AvgIpc) is 2.91. The van der Waals surface area contributed by atoms with Gasteiger partial charge in [-0.1, -0.05) is 20.8 Å². The molecule has 1 aliphatic heterocycles. The molecule has 1 saturated heterocycles. The van der Waals surface area contributed by atoms with Crippen molar-refractivity contribution in [2.45, 2.75) is 39.0 Å². The SMILES string of the molecule is CC(C)(C)c1cc(=O)c2cc(N3CCCC3)ccc2[nH]1. The van der Waals surface area contributed by atoms with Gasteiger partial charge in [-0.3, -0.25) is 4.79 Å². The summed E-state index contributed by atoms with van der Waals surface area (Å²) in [6.45, 7) is 8.54. The molecule has 0 amide bonds. The monoisotopic (exact) mass is 270 g/mol. The fourth-order valence-electron chi connectivity index (χ4n) is 2.81. The summed E-state index contributed by atoms with van der Waals surface area (Å²) in [6.07, 6.45) is 2.49. The van der Waals surface area contributed by atoms with Crippen LogP contribution in [0, 0.1) is 0 Å². The summed E-state index contributed by atoms with van der Waals surface area (Å²) < 4.78 is 0. The van der Waals surface area contributed by atoms with Gasteiger partial charge in [0.2, 0.25) is 0 Å². The van der Waals surface area contributed by atoms with Crippen molar-refractivity contribution in [1.82, 2.24) is 4.98 Å². The van der Waals surface area contributed by atoms with Crippen molar-refractivity contribution in [3.05, 3.63) is 40.2 Å². The predicted octanol–water partition coefficient (Wildman–Crippen LogP) is 3.43. The first-order valence-corrected chi connectivity index (χ1v) is 7.38. The molecule has 0 atom stereocenters. The summed E-state index contributed by atoms with van der Waals surface area (Å²) in [4.78, 5) is 18.1. The second-order valence-corrected chi connectivity index (χ2v) is 6.72. The van der Waals surface area contributed by atoms with Crippen LogP contribution < -0.4 is 10.3 Å². The molecule has 0 unspecified atom stereocenters. The Kier molecular flexibility index (Phi) is 3.08. The Hall–Kier alpha value is -1.77. The van der Waals surface area contributed by atoms with Crippen LogP contribution in [0.2, 0.25) is 0 Å². The quantitative estimate of drug-likeness (QED) is 0.862. The fourth-order valence-corrected chi connectivity index (χ4v) is 2.81. The highest BCUT2D eigenvalue weighted by Crippen LogP contribution is 2.25. The largest absolute Gasteiger partial charge is 0.372 e. The van der Waals surface area contributed by atoms with Gasteiger partial charge in [0.25, 0.3) is 0 Å². The molecule has 1 aliphatic rings. The molecule has 1 N–H and O–H groups in total. The van der Waals surface area contributed by atoms with E-state index < -0.39 is 0 Å². The summed E-state index contributed by atoms with van der Waals surface area (Å²) in [5.41, 5.74) is 3.17. The number of nitrogens with zero attached hydrogens (tertiary/aromatic N) is 1. The first-order chi connectivity index (χ1) is 9.45. The molecule has 0 bridgehead atoms. The molecule has 3 heteroatoms. The molecule has 106 valence electrons. The van der Waals surface area contributed by atoms with E-state index in [4.69, 9.17) is 0 Å². The van der Waals surface area contributed by atoms with Crippen LogP contribution in [0.1, 0.15) is 39.3 Å². The normalized spacial score (nSPS) is 16.1. The molecular formula is C17H22N2O. The topological polar surface area (TPSA) is 36.1 Å². The minimum absolute atomic E-state index is 0.0407. The molecule has 0 spiro atoms. The number of pyridine rings is 1. The van der Waals surface area contributed by atoms with E-state index in [-0.39, 0.29) is 10.8 Å². The number of aromatic amines is 1. The predicted molar refractivity (Wildman–Crippen MR) is 84.7 cm³/mol. The van der Waals surface area contributed by atoms with Crippen LogP contribution in [0.3, 0.4) is 0 Å². The van der Waals surface area contributed by atoms with Crippen molar-refractivity contribution >= 4 is 16.6 Å². The molecule has 2 aromatic rings. The van der Waals surface area contributed by atoms with Crippen molar-refractivity contribution in [2.75, 3.05) is 18.0 Å². The smallest absolute Gasteiger partial charge is 0.189 e.